The van der Waals surface area contributed by atoms with Crippen LogP contribution < -0.4 is 10.1 Å². The van der Waals surface area contributed by atoms with Gasteiger partial charge in [0.2, 0.25) is 5.91 Å². The molecule has 1 aromatic rings. The van der Waals surface area contributed by atoms with Gasteiger partial charge in [-0.2, -0.15) is 0 Å². The lowest BCUT2D eigenvalue weighted by atomic mass is 10.2. The highest BCUT2D eigenvalue weighted by atomic mass is 16.5. The van der Waals surface area contributed by atoms with Gasteiger partial charge in [0.15, 0.2) is 11.5 Å². The van der Waals surface area contributed by atoms with E-state index in [4.69, 9.17) is 9.84 Å². The Balaban J connectivity index is 2.64. The Morgan fingerprint density at radius 1 is 1.44 bits per heavy atom. The number of carbonyl (C=O) groups is 2. The fraction of sp³-hybridized carbons (Fsp3) is 0.167. The van der Waals surface area contributed by atoms with Gasteiger partial charge in [0, 0.05) is 6.08 Å². The van der Waals surface area contributed by atoms with Crippen LogP contribution in [-0.2, 0) is 9.59 Å². The summed E-state index contributed by atoms with van der Waals surface area (Å²) in [4.78, 5) is 21.4. The van der Waals surface area contributed by atoms with E-state index in [2.05, 4.69) is 5.32 Å². The highest BCUT2D eigenvalue weighted by molar-refractivity contribution is 5.93. The summed E-state index contributed by atoms with van der Waals surface area (Å²) in [5.41, 5.74) is 0.596. The Morgan fingerprint density at radius 2 is 2.17 bits per heavy atom. The van der Waals surface area contributed by atoms with Gasteiger partial charge in [-0.05, 0) is 23.8 Å². The zero-order valence-corrected chi connectivity index (χ0v) is 9.71. The number of ether oxygens (including phenoxy) is 1. The maximum absolute atomic E-state index is 11.2. The number of hydrogen-bond acceptors (Lipinski definition) is 4. The number of nitrogens with one attached hydrogen (secondary N) is 1. The van der Waals surface area contributed by atoms with E-state index in [0.29, 0.717) is 11.3 Å². The molecule has 0 aromatic heterocycles. The molecule has 96 valence electrons. The standard InChI is InChI=1S/C12H13NO5/c1-18-10-4-2-8(6-9(10)14)3-5-11(15)13-7-12(16)17/h2-6,14H,7H2,1H3,(H,13,15)(H,16,17)/b5-3+. The third-order valence-electron chi connectivity index (χ3n) is 2.04. The minimum atomic E-state index is -1.11. The van der Waals surface area contributed by atoms with Crippen molar-refractivity contribution in [3.8, 4) is 11.5 Å². The van der Waals surface area contributed by atoms with Crippen molar-refractivity contribution in [2.24, 2.45) is 0 Å². The Hall–Kier alpha value is -2.50. The molecule has 0 radical (unpaired) electrons. The molecule has 0 spiro atoms. The molecule has 3 N–H and O–H groups in total. The average Bonchev–Trinajstić information content (AvgIpc) is 2.34. The number of hydrogen-bond donors (Lipinski definition) is 3. The lowest BCUT2D eigenvalue weighted by molar-refractivity contribution is -0.137. The number of methoxy groups -OCH3 is 1. The van der Waals surface area contributed by atoms with Crippen LogP contribution in [0.25, 0.3) is 6.08 Å². The fourth-order valence-electron chi connectivity index (χ4n) is 1.20. The maximum atomic E-state index is 11.2. The molecule has 6 heteroatoms. The van der Waals surface area contributed by atoms with E-state index in [1.807, 2.05) is 0 Å². The number of carboxylic acid groups (broad SMARTS) is 1. The first-order valence-corrected chi connectivity index (χ1v) is 5.07. The summed E-state index contributed by atoms with van der Waals surface area (Å²) in [6.07, 6.45) is 2.64. The molecular formula is C12H13NO5. The van der Waals surface area contributed by atoms with Crippen molar-refractivity contribution in [1.82, 2.24) is 5.32 Å². The number of phenolic OH excluding ortho intramolecular Hbond substituents is 1. The van der Waals surface area contributed by atoms with Gasteiger partial charge in [-0.1, -0.05) is 6.07 Å². The van der Waals surface area contributed by atoms with Gasteiger partial charge < -0.3 is 20.3 Å². The van der Waals surface area contributed by atoms with E-state index in [-0.39, 0.29) is 5.75 Å². The Morgan fingerprint density at radius 3 is 2.72 bits per heavy atom. The molecule has 0 saturated carbocycles. The van der Waals surface area contributed by atoms with Crippen molar-refractivity contribution in [2.45, 2.75) is 0 Å². The maximum Gasteiger partial charge on any atom is 0.322 e. The van der Waals surface area contributed by atoms with E-state index < -0.39 is 18.4 Å². The van der Waals surface area contributed by atoms with E-state index in [1.165, 1.54) is 25.3 Å². The number of phenols is 1. The number of aromatic hydroxyl groups is 1. The molecule has 0 atom stereocenters. The van der Waals surface area contributed by atoms with Gasteiger partial charge in [0.25, 0.3) is 0 Å². The van der Waals surface area contributed by atoms with Crippen molar-refractivity contribution < 1.29 is 24.5 Å². The lowest BCUT2D eigenvalue weighted by Gasteiger charge is -2.03. The van der Waals surface area contributed by atoms with E-state index in [9.17, 15) is 14.7 Å². The molecule has 18 heavy (non-hydrogen) atoms. The number of amides is 1. The van der Waals surface area contributed by atoms with Gasteiger partial charge in [-0.3, -0.25) is 9.59 Å². The predicted octanol–water partition coefficient (Wildman–Crippen LogP) is 0.615. The average molecular weight is 251 g/mol. The summed E-state index contributed by atoms with van der Waals surface area (Å²) >= 11 is 0. The van der Waals surface area contributed by atoms with Gasteiger partial charge >= 0.3 is 5.97 Å². The zero-order valence-electron chi connectivity index (χ0n) is 9.71. The van der Waals surface area contributed by atoms with Gasteiger partial charge in [0.05, 0.1) is 7.11 Å². The molecular weight excluding hydrogens is 238 g/mol. The summed E-state index contributed by atoms with van der Waals surface area (Å²) < 4.78 is 4.87. The smallest absolute Gasteiger partial charge is 0.322 e. The van der Waals surface area contributed by atoms with E-state index in [0.717, 1.165) is 0 Å². The second kappa shape index (κ2) is 6.29. The molecule has 0 bridgehead atoms. The molecule has 0 saturated heterocycles. The SMILES string of the molecule is COc1ccc(/C=C/C(=O)NCC(=O)O)cc1O. The number of benzene rings is 1. The summed E-state index contributed by atoms with van der Waals surface area (Å²) in [7, 11) is 1.43. The first-order valence-electron chi connectivity index (χ1n) is 5.07. The molecule has 6 nitrogen and oxygen atoms in total. The largest absolute Gasteiger partial charge is 0.504 e. The number of aliphatic carboxylic acids is 1. The highest BCUT2D eigenvalue weighted by Gasteiger charge is 2.02. The van der Waals surface area contributed by atoms with Crippen LogP contribution >= 0.6 is 0 Å². The molecule has 1 amide bonds. The topological polar surface area (TPSA) is 95.9 Å². The number of carbonyl (C=O) groups excluding carboxylic acids is 1. The fourth-order valence-corrected chi connectivity index (χ4v) is 1.20. The lowest BCUT2D eigenvalue weighted by Crippen LogP contribution is -2.27. The van der Waals surface area contributed by atoms with Gasteiger partial charge in [0.1, 0.15) is 6.54 Å². The monoisotopic (exact) mass is 251 g/mol. The van der Waals surface area contributed by atoms with Crippen LogP contribution in [-0.4, -0.2) is 35.7 Å². The van der Waals surface area contributed by atoms with Crippen LogP contribution in [0.4, 0.5) is 0 Å². The second-order valence-corrected chi connectivity index (χ2v) is 3.38. The number of rotatable bonds is 5. The Bertz CT molecular complexity index is 481. The Kier molecular flexibility index (Phi) is 4.74. The molecule has 0 aliphatic heterocycles. The van der Waals surface area contributed by atoms with Gasteiger partial charge in [-0.15, -0.1) is 0 Å². The summed E-state index contributed by atoms with van der Waals surface area (Å²) in [6, 6.07) is 4.64. The molecule has 0 aliphatic carbocycles. The first-order chi connectivity index (χ1) is 8.52. The van der Waals surface area contributed by atoms with E-state index >= 15 is 0 Å². The zero-order chi connectivity index (χ0) is 13.5. The minimum Gasteiger partial charge on any atom is -0.504 e. The highest BCUT2D eigenvalue weighted by Crippen LogP contribution is 2.26. The summed E-state index contributed by atoms with van der Waals surface area (Å²) in [6.45, 7) is -0.433. The summed E-state index contributed by atoms with van der Waals surface area (Å²) in [5.74, 6) is -1.33. The predicted molar refractivity (Wildman–Crippen MR) is 64.3 cm³/mol. The van der Waals surface area contributed by atoms with Crippen molar-refractivity contribution in [3.63, 3.8) is 0 Å². The van der Waals surface area contributed by atoms with Crippen molar-refractivity contribution in [1.29, 1.82) is 0 Å². The summed E-state index contributed by atoms with van der Waals surface area (Å²) in [5, 5.41) is 20.0. The molecule has 1 rings (SSSR count). The molecule has 0 fully saturated rings. The van der Waals surface area contributed by atoms with Crippen molar-refractivity contribution in [2.75, 3.05) is 13.7 Å². The van der Waals surface area contributed by atoms with Crippen LogP contribution in [0.1, 0.15) is 5.56 Å². The molecule has 1 aromatic carbocycles. The quantitative estimate of drug-likeness (QED) is 0.666. The van der Waals surface area contributed by atoms with E-state index in [1.54, 1.807) is 12.1 Å². The van der Waals surface area contributed by atoms with Crippen molar-refractivity contribution in [3.05, 3.63) is 29.8 Å². The van der Waals surface area contributed by atoms with Crippen LogP contribution in [0, 0.1) is 0 Å². The minimum absolute atomic E-state index is 0.0365. The molecule has 0 aliphatic rings. The molecule has 0 unspecified atom stereocenters. The third kappa shape index (κ3) is 4.17. The van der Waals surface area contributed by atoms with Crippen LogP contribution in [0.5, 0.6) is 11.5 Å². The first kappa shape index (κ1) is 13.6. The van der Waals surface area contributed by atoms with Gasteiger partial charge in [-0.25, -0.2) is 0 Å². The van der Waals surface area contributed by atoms with Crippen LogP contribution in [0.3, 0.4) is 0 Å². The Labute approximate surface area is 104 Å². The van der Waals surface area contributed by atoms with Crippen LogP contribution in [0.2, 0.25) is 0 Å². The molecule has 0 heterocycles. The van der Waals surface area contributed by atoms with Crippen molar-refractivity contribution >= 4 is 18.0 Å². The number of carboxylic acids is 1. The second-order valence-electron chi connectivity index (χ2n) is 3.38. The third-order valence-corrected chi connectivity index (χ3v) is 2.04. The normalized spacial score (nSPS) is 10.3. The van der Waals surface area contributed by atoms with Crippen LogP contribution in [0.15, 0.2) is 24.3 Å².